The summed E-state index contributed by atoms with van der Waals surface area (Å²) in [5.41, 5.74) is -0.684. The van der Waals surface area contributed by atoms with Crippen molar-refractivity contribution in [2.45, 2.75) is 58.0 Å². The molecular weight excluding hydrogens is 362 g/mol. The molecule has 0 unspecified atom stereocenters. The Balaban J connectivity index is 1.65. The summed E-state index contributed by atoms with van der Waals surface area (Å²) in [7, 11) is 0. The molecule has 0 bridgehead atoms. The first-order valence-electron chi connectivity index (χ1n) is 9.68. The van der Waals surface area contributed by atoms with Crippen molar-refractivity contribution >= 4 is 17.8 Å². The van der Waals surface area contributed by atoms with Gasteiger partial charge in [0.05, 0.1) is 0 Å². The van der Waals surface area contributed by atoms with E-state index in [9.17, 15) is 14.4 Å². The van der Waals surface area contributed by atoms with Crippen LogP contribution in [-0.2, 0) is 15.1 Å². The van der Waals surface area contributed by atoms with E-state index < -0.39 is 17.5 Å². The Kier molecular flexibility index (Phi) is 5.76. The number of nitrogens with one attached hydrogen (secondary N) is 2. The zero-order valence-corrected chi connectivity index (χ0v) is 16.5. The van der Waals surface area contributed by atoms with Crippen molar-refractivity contribution in [3.8, 4) is 11.5 Å². The van der Waals surface area contributed by atoms with E-state index in [1.807, 2.05) is 6.92 Å². The maximum absolute atomic E-state index is 13.0. The number of amides is 4. The molecule has 1 fully saturated rings. The van der Waals surface area contributed by atoms with Crippen molar-refractivity contribution in [3.05, 3.63) is 23.8 Å². The lowest BCUT2D eigenvalue weighted by Crippen LogP contribution is -2.45. The van der Waals surface area contributed by atoms with Gasteiger partial charge in [-0.05, 0) is 38.0 Å². The van der Waals surface area contributed by atoms with Crippen LogP contribution < -0.4 is 20.1 Å². The number of rotatable bonds is 8. The Morgan fingerprint density at radius 2 is 2.04 bits per heavy atom. The van der Waals surface area contributed by atoms with Crippen LogP contribution in [0.2, 0.25) is 0 Å². The molecule has 8 nitrogen and oxygen atoms in total. The minimum atomic E-state index is -1.26. The fourth-order valence-electron chi connectivity index (χ4n) is 3.48. The smallest absolute Gasteiger partial charge is 0.325 e. The molecule has 0 aliphatic carbocycles. The Hall–Kier alpha value is -2.77. The van der Waals surface area contributed by atoms with Gasteiger partial charge in [0.25, 0.3) is 5.91 Å². The number of hydrogen-bond acceptors (Lipinski definition) is 5. The first kappa shape index (κ1) is 20.0. The molecule has 1 aromatic carbocycles. The highest BCUT2D eigenvalue weighted by atomic mass is 16.7. The summed E-state index contributed by atoms with van der Waals surface area (Å²) in [6.07, 6.45) is 4.13. The fraction of sp³-hybridized carbons (Fsp3) is 0.550. The third kappa shape index (κ3) is 3.90. The van der Waals surface area contributed by atoms with Crippen LogP contribution in [0.3, 0.4) is 0 Å². The van der Waals surface area contributed by atoms with E-state index in [4.69, 9.17) is 9.47 Å². The van der Waals surface area contributed by atoms with Crippen LogP contribution in [0.4, 0.5) is 4.79 Å². The van der Waals surface area contributed by atoms with Crippen LogP contribution in [0, 0.1) is 0 Å². The Labute approximate surface area is 164 Å². The molecule has 2 heterocycles. The van der Waals surface area contributed by atoms with Crippen molar-refractivity contribution in [3.63, 3.8) is 0 Å². The van der Waals surface area contributed by atoms with Crippen LogP contribution in [-0.4, -0.2) is 42.1 Å². The second-order valence-electron chi connectivity index (χ2n) is 7.48. The molecule has 0 saturated carbocycles. The first-order valence-corrected chi connectivity index (χ1v) is 9.68. The summed E-state index contributed by atoms with van der Waals surface area (Å²) in [5, 5.41) is 5.56. The molecule has 0 spiro atoms. The van der Waals surface area contributed by atoms with Gasteiger partial charge >= 0.3 is 6.03 Å². The largest absolute Gasteiger partial charge is 0.454 e. The highest BCUT2D eigenvalue weighted by molar-refractivity contribution is 6.09. The SMILES string of the molecule is CCCCC[C@@H](C)NC(=O)CN1C(=O)N[C@@](C)(c2ccc3c(c2)OCO3)C1=O. The number of carbonyl (C=O) groups is 3. The zero-order valence-electron chi connectivity index (χ0n) is 16.5. The fourth-order valence-corrected chi connectivity index (χ4v) is 3.48. The van der Waals surface area contributed by atoms with E-state index in [1.54, 1.807) is 25.1 Å². The molecule has 2 aliphatic rings. The molecule has 0 aromatic heterocycles. The number of imide groups is 1. The summed E-state index contributed by atoms with van der Waals surface area (Å²) in [5.74, 6) is 0.308. The summed E-state index contributed by atoms with van der Waals surface area (Å²) in [6, 6.07) is 4.51. The van der Waals surface area contributed by atoms with Crippen LogP contribution >= 0.6 is 0 Å². The van der Waals surface area contributed by atoms with Crippen LogP contribution in [0.1, 0.15) is 52.0 Å². The van der Waals surface area contributed by atoms with Crippen molar-refractivity contribution < 1.29 is 23.9 Å². The van der Waals surface area contributed by atoms with Crippen LogP contribution in [0.25, 0.3) is 0 Å². The zero-order chi connectivity index (χ0) is 20.3. The topological polar surface area (TPSA) is 97.0 Å². The molecule has 2 atom stereocenters. The summed E-state index contributed by atoms with van der Waals surface area (Å²) >= 11 is 0. The predicted molar refractivity (Wildman–Crippen MR) is 102 cm³/mol. The molecule has 1 saturated heterocycles. The molecule has 28 heavy (non-hydrogen) atoms. The number of fused-ring (bicyclic) bond motifs is 1. The monoisotopic (exact) mass is 389 g/mol. The molecule has 4 amide bonds. The maximum atomic E-state index is 13.0. The molecule has 0 radical (unpaired) electrons. The molecule has 3 rings (SSSR count). The third-order valence-electron chi connectivity index (χ3n) is 5.17. The molecule has 8 heteroatoms. The molecule has 2 N–H and O–H groups in total. The standard InChI is InChI=1S/C20H27N3O5/c1-4-5-6-7-13(2)21-17(24)11-23-18(25)20(3,22-19(23)26)14-8-9-15-16(10-14)28-12-27-15/h8-10,13H,4-7,11-12H2,1-3H3,(H,21,24)(H,22,26)/t13-,20+/m1/s1. The van der Waals surface area contributed by atoms with Gasteiger partial charge < -0.3 is 20.1 Å². The summed E-state index contributed by atoms with van der Waals surface area (Å²) in [4.78, 5) is 38.6. The van der Waals surface area contributed by atoms with Gasteiger partial charge in [0.15, 0.2) is 11.5 Å². The average molecular weight is 389 g/mol. The predicted octanol–water partition coefficient (Wildman–Crippen LogP) is 2.27. The molecule has 2 aliphatic heterocycles. The Morgan fingerprint density at radius 3 is 2.79 bits per heavy atom. The molecule has 1 aromatic rings. The lowest BCUT2D eigenvalue weighted by Gasteiger charge is -2.22. The summed E-state index contributed by atoms with van der Waals surface area (Å²) < 4.78 is 10.6. The van der Waals surface area contributed by atoms with Gasteiger partial charge in [0, 0.05) is 6.04 Å². The van der Waals surface area contributed by atoms with Gasteiger partial charge in [-0.1, -0.05) is 32.3 Å². The highest BCUT2D eigenvalue weighted by Gasteiger charge is 2.49. The molecule has 152 valence electrons. The second kappa shape index (κ2) is 8.08. The van der Waals surface area contributed by atoms with E-state index >= 15 is 0 Å². The number of benzene rings is 1. The van der Waals surface area contributed by atoms with Crippen LogP contribution in [0.15, 0.2) is 18.2 Å². The Bertz CT molecular complexity index is 781. The number of carbonyl (C=O) groups excluding carboxylic acids is 3. The van der Waals surface area contributed by atoms with Crippen LogP contribution in [0.5, 0.6) is 11.5 Å². The highest BCUT2D eigenvalue weighted by Crippen LogP contribution is 2.37. The quantitative estimate of drug-likeness (QED) is 0.525. The van der Waals surface area contributed by atoms with E-state index in [-0.39, 0.29) is 25.3 Å². The van der Waals surface area contributed by atoms with Gasteiger partial charge in [0.1, 0.15) is 12.1 Å². The average Bonchev–Trinajstić information content (AvgIpc) is 3.20. The van der Waals surface area contributed by atoms with E-state index in [2.05, 4.69) is 17.6 Å². The van der Waals surface area contributed by atoms with Gasteiger partial charge in [-0.15, -0.1) is 0 Å². The molecular formula is C20H27N3O5. The van der Waals surface area contributed by atoms with Crippen molar-refractivity contribution in [2.75, 3.05) is 13.3 Å². The maximum Gasteiger partial charge on any atom is 0.325 e. The van der Waals surface area contributed by atoms with E-state index in [1.165, 1.54) is 0 Å². The number of ether oxygens (including phenoxy) is 2. The number of urea groups is 1. The van der Waals surface area contributed by atoms with E-state index in [0.29, 0.717) is 17.1 Å². The Morgan fingerprint density at radius 1 is 1.29 bits per heavy atom. The van der Waals surface area contributed by atoms with Crippen molar-refractivity contribution in [1.82, 2.24) is 15.5 Å². The lowest BCUT2D eigenvalue weighted by molar-refractivity contribution is -0.135. The second-order valence-corrected chi connectivity index (χ2v) is 7.48. The number of unbranched alkanes of at least 4 members (excludes halogenated alkanes) is 2. The minimum absolute atomic E-state index is 0.0000553. The summed E-state index contributed by atoms with van der Waals surface area (Å²) in [6.45, 7) is 5.49. The first-order chi connectivity index (χ1) is 13.3. The van der Waals surface area contributed by atoms with E-state index in [0.717, 1.165) is 30.6 Å². The van der Waals surface area contributed by atoms with Crippen molar-refractivity contribution in [1.29, 1.82) is 0 Å². The van der Waals surface area contributed by atoms with Gasteiger partial charge in [-0.2, -0.15) is 0 Å². The van der Waals surface area contributed by atoms with Gasteiger partial charge in [-0.25, -0.2) is 4.79 Å². The number of hydrogen-bond donors (Lipinski definition) is 2. The lowest BCUT2D eigenvalue weighted by atomic mass is 9.91. The normalized spacial score (nSPS) is 21.6. The van der Waals surface area contributed by atoms with Gasteiger partial charge in [-0.3, -0.25) is 14.5 Å². The minimum Gasteiger partial charge on any atom is -0.454 e. The third-order valence-corrected chi connectivity index (χ3v) is 5.17. The van der Waals surface area contributed by atoms with Crippen molar-refractivity contribution in [2.24, 2.45) is 0 Å². The number of nitrogens with zero attached hydrogens (tertiary/aromatic N) is 1. The van der Waals surface area contributed by atoms with Gasteiger partial charge in [0.2, 0.25) is 12.7 Å².